The van der Waals surface area contributed by atoms with Crippen LogP contribution in [0.4, 0.5) is 0 Å². The monoisotopic (exact) mass is 334 g/mol. The van der Waals surface area contributed by atoms with E-state index in [2.05, 4.69) is 10.5 Å². The average molecular weight is 334 g/mol. The van der Waals surface area contributed by atoms with Gasteiger partial charge in [0.05, 0.1) is 6.04 Å². The molecule has 1 heterocycles. The van der Waals surface area contributed by atoms with Crippen molar-refractivity contribution in [3.63, 3.8) is 0 Å². The van der Waals surface area contributed by atoms with Gasteiger partial charge in [0.2, 0.25) is 0 Å². The Bertz CT molecular complexity index is 739. The third kappa shape index (κ3) is 4.82. The molecule has 0 unspecified atom stereocenters. The zero-order valence-electron chi connectivity index (χ0n) is 13.1. The Hall–Kier alpha value is -2.87. The zero-order valence-corrected chi connectivity index (χ0v) is 13.1. The SMILES string of the molecule is CC(=O)COc1ccc2[nH]cc(ON[C@H](C=O)CCC(=O)O)c2c1. The van der Waals surface area contributed by atoms with Crippen molar-refractivity contribution in [3.8, 4) is 11.5 Å². The maximum absolute atomic E-state index is 11.0. The summed E-state index contributed by atoms with van der Waals surface area (Å²) in [5.74, 6) is -0.127. The van der Waals surface area contributed by atoms with E-state index in [1.807, 2.05) is 0 Å². The minimum atomic E-state index is -0.983. The first-order valence-corrected chi connectivity index (χ1v) is 7.32. The number of ketones is 1. The molecule has 24 heavy (non-hydrogen) atoms. The summed E-state index contributed by atoms with van der Waals surface area (Å²) in [6.07, 6.45) is 2.18. The standard InChI is InChI=1S/C16H18N2O6/c1-10(20)9-23-12-3-4-14-13(6-12)15(7-17-14)24-18-11(8-19)2-5-16(21)22/h3-4,6-8,11,17-18H,2,5,9H2,1H3,(H,21,22)/t11-/m0/s1. The van der Waals surface area contributed by atoms with Crippen LogP contribution < -0.4 is 15.1 Å². The summed E-state index contributed by atoms with van der Waals surface area (Å²) >= 11 is 0. The molecule has 0 amide bonds. The van der Waals surface area contributed by atoms with Crippen LogP contribution in [0, 0.1) is 0 Å². The molecule has 0 spiro atoms. The van der Waals surface area contributed by atoms with E-state index in [1.54, 1.807) is 24.4 Å². The van der Waals surface area contributed by atoms with Crippen LogP contribution >= 0.6 is 0 Å². The number of nitrogens with one attached hydrogen (secondary N) is 2. The number of rotatable bonds is 10. The summed E-state index contributed by atoms with van der Waals surface area (Å²) in [6.45, 7) is 1.41. The number of aliphatic carboxylic acids is 1. The molecule has 128 valence electrons. The first-order chi connectivity index (χ1) is 11.5. The number of carbonyl (C=O) groups is 3. The second-order valence-electron chi connectivity index (χ2n) is 5.25. The van der Waals surface area contributed by atoms with E-state index in [-0.39, 0.29) is 25.2 Å². The highest BCUT2D eigenvalue weighted by Gasteiger charge is 2.12. The van der Waals surface area contributed by atoms with Crippen LogP contribution in [-0.2, 0) is 14.4 Å². The second-order valence-corrected chi connectivity index (χ2v) is 5.25. The van der Waals surface area contributed by atoms with Crippen molar-refractivity contribution < 1.29 is 29.1 Å². The lowest BCUT2D eigenvalue weighted by Crippen LogP contribution is -2.33. The van der Waals surface area contributed by atoms with Gasteiger partial charge in [0.1, 0.15) is 18.6 Å². The molecule has 8 heteroatoms. The highest BCUT2D eigenvalue weighted by atomic mass is 16.6. The lowest BCUT2D eigenvalue weighted by atomic mass is 10.2. The molecule has 0 aliphatic heterocycles. The Morgan fingerprint density at radius 2 is 2.21 bits per heavy atom. The van der Waals surface area contributed by atoms with Crippen molar-refractivity contribution in [1.82, 2.24) is 10.5 Å². The molecule has 0 saturated carbocycles. The van der Waals surface area contributed by atoms with Gasteiger partial charge in [0.15, 0.2) is 11.5 Å². The number of hydrogen-bond donors (Lipinski definition) is 3. The van der Waals surface area contributed by atoms with E-state index in [4.69, 9.17) is 14.7 Å². The topological polar surface area (TPSA) is 118 Å². The van der Waals surface area contributed by atoms with Gasteiger partial charge in [-0.25, -0.2) is 0 Å². The number of carboxylic acid groups (broad SMARTS) is 1. The molecule has 3 N–H and O–H groups in total. The molecule has 8 nitrogen and oxygen atoms in total. The van der Waals surface area contributed by atoms with Gasteiger partial charge in [-0.3, -0.25) is 9.59 Å². The number of aldehydes is 1. The highest BCUT2D eigenvalue weighted by Crippen LogP contribution is 2.28. The van der Waals surface area contributed by atoms with Gasteiger partial charge in [-0.1, -0.05) is 0 Å². The molecule has 1 aromatic heterocycles. The molecular weight excluding hydrogens is 316 g/mol. The fraction of sp³-hybridized carbons (Fsp3) is 0.312. The van der Waals surface area contributed by atoms with Gasteiger partial charge >= 0.3 is 5.97 Å². The third-order valence-corrected chi connectivity index (χ3v) is 3.21. The summed E-state index contributed by atoms with van der Waals surface area (Å²) in [7, 11) is 0. The van der Waals surface area contributed by atoms with Crippen LogP contribution in [0.25, 0.3) is 10.9 Å². The van der Waals surface area contributed by atoms with Gasteiger partial charge in [-0.2, -0.15) is 0 Å². The van der Waals surface area contributed by atoms with Crippen LogP contribution in [0.2, 0.25) is 0 Å². The smallest absolute Gasteiger partial charge is 0.303 e. The normalized spacial score (nSPS) is 11.9. The van der Waals surface area contributed by atoms with E-state index in [9.17, 15) is 14.4 Å². The van der Waals surface area contributed by atoms with Gasteiger partial charge < -0.3 is 24.5 Å². The van der Waals surface area contributed by atoms with Gasteiger partial charge in [-0.05, 0) is 31.5 Å². The zero-order chi connectivity index (χ0) is 17.5. The van der Waals surface area contributed by atoms with Crippen molar-refractivity contribution in [2.45, 2.75) is 25.8 Å². The Kier molecular flexibility index (Phi) is 5.91. The molecule has 2 aromatic rings. The number of hydrogen-bond acceptors (Lipinski definition) is 6. The predicted octanol–water partition coefficient (Wildman–Crippen LogP) is 1.45. The second kappa shape index (κ2) is 8.11. The van der Waals surface area contributed by atoms with Crippen LogP contribution in [0.1, 0.15) is 19.8 Å². The van der Waals surface area contributed by atoms with E-state index < -0.39 is 12.0 Å². The van der Waals surface area contributed by atoms with E-state index >= 15 is 0 Å². The fourth-order valence-corrected chi connectivity index (χ4v) is 2.01. The van der Waals surface area contributed by atoms with Gasteiger partial charge in [0.25, 0.3) is 0 Å². The summed E-state index contributed by atoms with van der Waals surface area (Å²) in [6, 6.07) is 4.47. The molecule has 1 aromatic carbocycles. The summed E-state index contributed by atoms with van der Waals surface area (Å²) in [5.41, 5.74) is 3.33. The van der Waals surface area contributed by atoms with Crippen LogP contribution in [0.3, 0.4) is 0 Å². The lowest BCUT2D eigenvalue weighted by molar-refractivity contribution is -0.137. The van der Waals surface area contributed by atoms with Crippen molar-refractivity contribution in [2.24, 2.45) is 0 Å². The molecule has 1 atom stereocenters. The number of carbonyl (C=O) groups excluding carboxylic acids is 2. The molecule has 0 fully saturated rings. The largest absolute Gasteiger partial charge is 0.486 e. The van der Waals surface area contributed by atoms with Crippen molar-refractivity contribution in [3.05, 3.63) is 24.4 Å². The number of benzene rings is 1. The van der Waals surface area contributed by atoms with Crippen LogP contribution in [-0.4, -0.2) is 40.8 Å². The molecule has 0 radical (unpaired) electrons. The number of H-pyrrole nitrogens is 1. The summed E-state index contributed by atoms with van der Waals surface area (Å²) in [4.78, 5) is 40.9. The molecule has 0 aliphatic rings. The van der Waals surface area contributed by atoms with Crippen molar-refractivity contribution in [2.75, 3.05) is 6.61 Å². The third-order valence-electron chi connectivity index (χ3n) is 3.21. The number of ether oxygens (including phenoxy) is 1. The Balaban J connectivity index is 2.05. The first kappa shape index (κ1) is 17.5. The maximum Gasteiger partial charge on any atom is 0.303 e. The Morgan fingerprint density at radius 1 is 1.42 bits per heavy atom. The molecule has 0 aliphatic carbocycles. The number of hydroxylamine groups is 1. The van der Waals surface area contributed by atoms with Gasteiger partial charge in [0, 0.05) is 23.5 Å². The van der Waals surface area contributed by atoms with E-state index in [1.165, 1.54) is 6.92 Å². The number of carboxylic acids is 1. The van der Waals surface area contributed by atoms with E-state index in [0.717, 1.165) is 5.52 Å². The van der Waals surface area contributed by atoms with Crippen molar-refractivity contribution in [1.29, 1.82) is 0 Å². The summed E-state index contributed by atoms with van der Waals surface area (Å²) in [5, 5.41) is 9.34. The lowest BCUT2D eigenvalue weighted by Gasteiger charge is -2.12. The Labute approximate surface area is 137 Å². The minimum absolute atomic E-state index is 0.0211. The minimum Gasteiger partial charge on any atom is -0.486 e. The van der Waals surface area contributed by atoms with Crippen LogP contribution in [0.5, 0.6) is 11.5 Å². The first-order valence-electron chi connectivity index (χ1n) is 7.32. The number of fused-ring (bicyclic) bond motifs is 1. The summed E-state index contributed by atoms with van der Waals surface area (Å²) < 4.78 is 5.35. The van der Waals surface area contributed by atoms with E-state index in [0.29, 0.717) is 23.2 Å². The quantitative estimate of drug-likeness (QED) is 0.444. The van der Waals surface area contributed by atoms with Gasteiger partial charge in [-0.15, -0.1) is 5.48 Å². The maximum atomic E-state index is 11.0. The molecular formula is C16H18N2O6. The van der Waals surface area contributed by atoms with Crippen molar-refractivity contribution >= 4 is 28.9 Å². The Morgan fingerprint density at radius 3 is 2.88 bits per heavy atom. The molecule has 0 saturated heterocycles. The number of aromatic nitrogens is 1. The number of aromatic amines is 1. The molecule has 0 bridgehead atoms. The predicted molar refractivity (Wildman–Crippen MR) is 85.0 cm³/mol. The molecule has 2 rings (SSSR count). The average Bonchev–Trinajstić information content (AvgIpc) is 2.95. The number of Topliss-reactive ketones (excluding diaryl/α,β-unsaturated/α-hetero) is 1. The van der Waals surface area contributed by atoms with Crippen LogP contribution in [0.15, 0.2) is 24.4 Å². The fourth-order valence-electron chi connectivity index (χ4n) is 2.01. The highest BCUT2D eigenvalue weighted by molar-refractivity contribution is 5.87.